The van der Waals surface area contributed by atoms with Gasteiger partial charge >= 0.3 is 0 Å². The SMILES string of the molecule is COc1ccc(/C=C/C(=O)NC(=S)Nc2ccc(S(=O)(=O)Nc3c(C)cccc3C)cc2)cc1OC. The number of sulfonamides is 1. The van der Waals surface area contributed by atoms with Gasteiger partial charge in [-0.15, -0.1) is 0 Å². The topological polar surface area (TPSA) is 106 Å². The third kappa shape index (κ3) is 6.83. The minimum atomic E-state index is -3.77. The fraction of sp³-hybridized carbons (Fsp3) is 0.154. The maximum Gasteiger partial charge on any atom is 0.261 e. The van der Waals surface area contributed by atoms with Gasteiger partial charge in [0.2, 0.25) is 5.91 Å². The number of aryl methyl sites for hydroxylation is 2. The van der Waals surface area contributed by atoms with Crippen LogP contribution < -0.4 is 24.8 Å². The van der Waals surface area contributed by atoms with Crippen molar-refractivity contribution in [1.29, 1.82) is 0 Å². The molecule has 3 rings (SSSR count). The molecule has 0 fully saturated rings. The predicted molar refractivity (Wildman–Crippen MR) is 146 cm³/mol. The van der Waals surface area contributed by atoms with Gasteiger partial charge in [0.05, 0.1) is 24.8 Å². The molecule has 0 atom stereocenters. The lowest BCUT2D eigenvalue weighted by Gasteiger charge is -2.14. The van der Waals surface area contributed by atoms with Gasteiger partial charge in [-0.2, -0.15) is 0 Å². The average Bonchev–Trinajstić information content (AvgIpc) is 2.85. The van der Waals surface area contributed by atoms with Crippen LogP contribution in [0.1, 0.15) is 16.7 Å². The van der Waals surface area contributed by atoms with E-state index in [-0.39, 0.29) is 10.0 Å². The fourth-order valence-corrected chi connectivity index (χ4v) is 4.75. The second-order valence-corrected chi connectivity index (χ2v) is 9.88. The van der Waals surface area contributed by atoms with Crippen molar-refractivity contribution in [2.75, 3.05) is 24.3 Å². The van der Waals surface area contributed by atoms with Crippen LogP contribution in [0.5, 0.6) is 11.5 Å². The number of methoxy groups -OCH3 is 2. The minimum absolute atomic E-state index is 0.0706. The van der Waals surface area contributed by atoms with E-state index in [1.165, 1.54) is 25.3 Å². The van der Waals surface area contributed by atoms with Crippen LogP contribution in [0.3, 0.4) is 0 Å². The van der Waals surface area contributed by atoms with Crippen LogP contribution in [0.2, 0.25) is 0 Å². The van der Waals surface area contributed by atoms with Crippen LogP contribution in [0.25, 0.3) is 6.08 Å². The molecule has 188 valence electrons. The number of rotatable bonds is 8. The molecular weight excluding hydrogens is 498 g/mol. The largest absolute Gasteiger partial charge is 0.493 e. The fourth-order valence-electron chi connectivity index (χ4n) is 3.33. The summed E-state index contributed by atoms with van der Waals surface area (Å²) in [5.74, 6) is 0.704. The van der Waals surface area contributed by atoms with Gasteiger partial charge in [0.1, 0.15) is 0 Å². The molecular formula is C26H27N3O5S2. The van der Waals surface area contributed by atoms with Gasteiger partial charge in [-0.25, -0.2) is 8.42 Å². The number of ether oxygens (including phenoxy) is 2. The van der Waals surface area contributed by atoms with E-state index in [4.69, 9.17) is 21.7 Å². The molecule has 3 aromatic rings. The highest BCUT2D eigenvalue weighted by Crippen LogP contribution is 2.28. The Bertz CT molecular complexity index is 1380. The smallest absolute Gasteiger partial charge is 0.261 e. The zero-order chi connectivity index (χ0) is 26.3. The van der Waals surface area contributed by atoms with Crippen molar-refractivity contribution in [3.63, 3.8) is 0 Å². The molecule has 3 aromatic carbocycles. The Kier molecular flexibility index (Phi) is 8.68. The van der Waals surface area contributed by atoms with Crippen molar-refractivity contribution in [1.82, 2.24) is 5.32 Å². The molecule has 0 saturated heterocycles. The Morgan fingerprint density at radius 2 is 1.56 bits per heavy atom. The van der Waals surface area contributed by atoms with Crippen LogP contribution in [0.4, 0.5) is 11.4 Å². The van der Waals surface area contributed by atoms with E-state index < -0.39 is 15.9 Å². The number of carbonyl (C=O) groups is 1. The first-order valence-corrected chi connectivity index (χ1v) is 12.7. The van der Waals surface area contributed by atoms with Crippen molar-refractivity contribution in [2.24, 2.45) is 0 Å². The third-order valence-corrected chi connectivity index (χ3v) is 6.78. The van der Waals surface area contributed by atoms with E-state index in [1.54, 1.807) is 43.5 Å². The van der Waals surface area contributed by atoms with Crippen LogP contribution in [0.15, 0.2) is 71.6 Å². The summed E-state index contributed by atoms with van der Waals surface area (Å²) in [5.41, 5.74) is 3.49. The molecule has 1 amide bonds. The van der Waals surface area contributed by atoms with E-state index in [1.807, 2.05) is 32.0 Å². The normalized spacial score (nSPS) is 11.1. The lowest BCUT2D eigenvalue weighted by atomic mass is 10.1. The Balaban J connectivity index is 1.59. The molecule has 0 aliphatic rings. The number of carbonyl (C=O) groups excluding carboxylic acids is 1. The van der Waals surface area contributed by atoms with Crippen LogP contribution in [-0.4, -0.2) is 33.7 Å². The first-order valence-electron chi connectivity index (χ1n) is 10.8. The molecule has 0 aliphatic heterocycles. The van der Waals surface area contributed by atoms with Gasteiger partial charge in [-0.05, 0) is 85.2 Å². The molecule has 10 heteroatoms. The lowest BCUT2D eigenvalue weighted by Crippen LogP contribution is -2.32. The van der Waals surface area contributed by atoms with Crippen LogP contribution >= 0.6 is 12.2 Å². The maximum absolute atomic E-state index is 12.8. The van der Waals surface area contributed by atoms with Crippen molar-refractivity contribution in [2.45, 2.75) is 18.7 Å². The molecule has 0 bridgehead atoms. The monoisotopic (exact) mass is 525 g/mol. The summed E-state index contributed by atoms with van der Waals surface area (Å²) < 4.78 is 38.7. The number of benzene rings is 3. The molecule has 36 heavy (non-hydrogen) atoms. The average molecular weight is 526 g/mol. The van der Waals surface area contributed by atoms with Gasteiger partial charge in [0.25, 0.3) is 10.0 Å². The number of hydrogen-bond donors (Lipinski definition) is 3. The highest BCUT2D eigenvalue weighted by atomic mass is 32.2. The standard InChI is InChI=1S/C26H27N3O5S2/c1-17-6-5-7-18(2)25(17)29-36(31,32)21-12-10-20(11-13-21)27-26(35)28-24(30)15-9-19-8-14-22(33-3)23(16-19)34-4/h5-16,29H,1-4H3,(H2,27,28,30,35)/b15-9+. The summed E-state index contributed by atoms with van der Waals surface area (Å²) in [4.78, 5) is 12.3. The van der Waals surface area contributed by atoms with E-state index in [2.05, 4.69) is 15.4 Å². The summed E-state index contributed by atoms with van der Waals surface area (Å²) >= 11 is 5.19. The zero-order valence-electron chi connectivity index (χ0n) is 20.3. The number of hydrogen-bond acceptors (Lipinski definition) is 6. The molecule has 0 radical (unpaired) electrons. The highest BCUT2D eigenvalue weighted by molar-refractivity contribution is 7.92. The molecule has 0 saturated carbocycles. The summed E-state index contributed by atoms with van der Waals surface area (Å²) in [6.07, 6.45) is 2.95. The van der Waals surface area contributed by atoms with E-state index in [9.17, 15) is 13.2 Å². The molecule has 0 unspecified atom stereocenters. The molecule has 0 heterocycles. The van der Waals surface area contributed by atoms with Gasteiger partial charge in [-0.1, -0.05) is 24.3 Å². The molecule has 0 aliphatic carbocycles. The summed E-state index contributed by atoms with van der Waals surface area (Å²) in [7, 11) is -0.692. The highest BCUT2D eigenvalue weighted by Gasteiger charge is 2.16. The van der Waals surface area contributed by atoms with Crippen LogP contribution in [0, 0.1) is 13.8 Å². The third-order valence-electron chi connectivity index (χ3n) is 5.21. The van der Waals surface area contributed by atoms with Gasteiger partial charge in [-0.3, -0.25) is 14.8 Å². The number of para-hydroxylation sites is 1. The minimum Gasteiger partial charge on any atom is -0.493 e. The quantitative estimate of drug-likeness (QED) is 0.290. The molecule has 8 nitrogen and oxygen atoms in total. The number of anilines is 2. The first-order chi connectivity index (χ1) is 17.1. The van der Waals surface area contributed by atoms with Gasteiger partial charge in [0, 0.05) is 11.8 Å². The second kappa shape index (κ2) is 11.7. The molecule has 0 aromatic heterocycles. The number of thiocarbonyl (C=S) groups is 1. The Hall–Kier alpha value is -3.89. The maximum atomic E-state index is 12.8. The summed E-state index contributed by atoms with van der Waals surface area (Å²) in [6.45, 7) is 3.69. The zero-order valence-corrected chi connectivity index (χ0v) is 21.9. The predicted octanol–water partition coefficient (Wildman–Crippen LogP) is 4.65. The summed E-state index contributed by atoms with van der Waals surface area (Å²) in [6, 6.07) is 16.9. The Morgan fingerprint density at radius 1 is 0.917 bits per heavy atom. The van der Waals surface area contributed by atoms with Crippen molar-refractivity contribution in [3.05, 3.63) is 83.4 Å². The van der Waals surface area contributed by atoms with E-state index in [0.717, 1.165) is 16.7 Å². The molecule has 0 spiro atoms. The van der Waals surface area contributed by atoms with Crippen molar-refractivity contribution in [3.8, 4) is 11.5 Å². The Morgan fingerprint density at radius 3 is 2.17 bits per heavy atom. The van der Waals surface area contributed by atoms with Crippen molar-refractivity contribution >= 4 is 50.7 Å². The lowest BCUT2D eigenvalue weighted by molar-refractivity contribution is -0.115. The van der Waals surface area contributed by atoms with E-state index in [0.29, 0.717) is 22.9 Å². The Labute approximate surface area is 216 Å². The van der Waals surface area contributed by atoms with Gasteiger partial charge in [0.15, 0.2) is 16.6 Å². The molecule has 3 N–H and O–H groups in total. The van der Waals surface area contributed by atoms with E-state index >= 15 is 0 Å². The first kappa shape index (κ1) is 26.7. The van der Waals surface area contributed by atoms with Gasteiger partial charge < -0.3 is 14.8 Å². The van der Waals surface area contributed by atoms with Crippen molar-refractivity contribution < 1.29 is 22.7 Å². The number of nitrogens with one attached hydrogen (secondary N) is 3. The van der Waals surface area contributed by atoms with Crippen LogP contribution in [-0.2, 0) is 14.8 Å². The second-order valence-electron chi connectivity index (χ2n) is 7.79. The summed E-state index contributed by atoms with van der Waals surface area (Å²) in [5, 5.41) is 5.48. The number of amides is 1.